The topological polar surface area (TPSA) is 201 Å². The Balaban J connectivity index is 4.74. The molecule has 13 heteroatoms. The molecule has 0 rings (SSSR count). The maximum atomic E-state index is 10.5. The fraction of sp³-hybridized carbons (Fsp3) is 0. The van der Waals surface area contributed by atoms with E-state index in [9.17, 15) is 25.4 Å². The highest BCUT2D eigenvalue weighted by molar-refractivity contribution is 5.68. The zero-order valence-corrected chi connectivity index (χ0v) is 6.88. The van der Waals surface area contributed by atoms with Crippen LogP contribution < -0.4 is 11.5 Å². The zero-order chi connectivity index (χ0) is 12.0. The predicted molar refractivity (Wildman–Crippen MR) is 43.3 cm³/mol. The summed E-state index contributed by atoms with van der Waals surface area (Å²) in [6, 6.07) is 0. The van der Waals surface area contributed by atoms with Crippen LogP contribution in [-0.2, 0) is 0 Å². The molecule has 0 aliphatic carbocycles. The molecular formula is C2H4N8O5. The van der Waals surface area contributed by atoms with Gasteiger partial charge in [0.2, 0.25) is 0 Å². The number of hydrogen-bond donors (Lipinski definition) is 2. The van der Waals surface area contributed by atoms with Crippen LogP contribution in [0.5, 0.6) is 0 Å². The van der Waals surface area contributed by atoms with Gasteiger partial charge in [-0.3, -0.25) is 11.5 Å². The number of guanidine groups is 2. The number of nitrogens with two attached hydrogens (primary N) is 2. The smallest absolute Gasteiger partial charge is 0.469 e. The Labute approximate surface area is 80.2 Å². The van der Waals surface area contributed by atoms with E-state index in [1.165, 1.54) is 0 Å². The first kappa shape index (κ1) is 12.1. The first-order chi connectivity index (χ1) is 6.84. The van der Waals surface area contributed by atoms with Gasteiger partial charge in [0.25, 0.3) is 0 Å². The van der Waals surface area contributed by atoms with Crippen LogP contribution in [0, 0.1) is 25.4 Å². The molecule has 15 heavy (non-hydrogen) atoms. The number of nitro groups is 2. The highest BCUT2D eigenvalue weighted by Gasteiger charge is 2.07. The van der Waals surface area contributed by atoms with E-state index in [-0.39, 0.29) is 0 Å². The van der Waals surface area contributed by atoms with Crippen molar-refractivity contribution in [3.63, 3.8) is 0 Å². The monoisotopic (exact) mass is 220 g/mol. The van der Waals surface area contributed by atoms with Crippen LogP contribution in [0.15, 0.2) is 15.4 Å². The zero-order valence-electron chi connectivity index (χ0n) is 6.88. The van der Waals surface area contributed by atoms with Gasteiger partial charge in [-0.15, -0.1) is 0 Å². The van der Waals surface area contributed by atoms with E-state index in [1.54, 1.807) is 0 Å². The van der Waals surface area contributed by atoms with Gasteiger partial charge in [-0.05, 0) is 9.85 Å². The Hall–Kier alpha value is -2.86. The Morgan fingerprint density at radius 2 is 1.47 bits per heavy atom. The average molecular weight is 220 g/mol. The largest absolute Gasteiger partial charge is 0.659 e. The first-order valence-corrected chi connectivity index (χ1v) is 2.98. The van der Waals surface area contributed by atoms with E-state index in [0.717, 1.165) is 0 Å². The SMILES string of the molecule is N/C(=N/[N+]([O-])=N\N=C(/N)[N+](=O)[O-])[N+](=O)[O-]. The second-order valence-electron chi connectivity index (χ2n) is 1.77. The third-order valence-corrected chi connectivity index (χ3v) is 0.786. The summed E-state index contributed by atoms with van der Waals surface area (Å²) in [7, 11) is 0. The second-order valence-corrected chi connectivity index (χ2v) is 1.77. The lowest BCUT2D eigenvalue weighted by Gasteiger charge is -1.92. The highest BCUT2D eigenvalue weighted by Crippen LogP contribution is 1.82. The molecule has 0 aliphatic heterocycles. The molecule has 0 radical (unpaired) electrons. The molecular weight excluding hydrogens is 216 g/mol. The molecule has 0 aromatic carbocycles. The number of rotatable bonds is 2. The fourth-order valence-corrected chi connectivity index (χ4v) is 0.265. The van der Waals surface area contributed by atoms with E-state index >= 15 is 0 Å². The minimum absolute atomic E-state index is 0.686. The second kappa shape index (κ2) is 5.00. The molecule has 0 unspecified atom stereocenters. The maximum absolute atomic E-state index is 10.5. The Bertz CT molecular complexity index is 367. The summed E-state index contributed by atoms with van der Waals surface area (Å²) in [6.07, 6.45) is 0. The van der Waals surface area contributed by atoms with E-state index < -0.39 is 26.7 Å². The summed E-state index contributed by atoms with van der Waals surface area (Å²) in [5, 5.41) is 37.8. The van der Waals surface area contributed by atoms with Gasteiger partial charge in [0.05, 0.1) is 5.10 Å². The van der Waals surface area contributed by atoms with Crippen LogP contribution in [0.25, 0.3) is 0 Å². The van der Waals surface area contributed by atoms with E-state index in [1.807, 2.05) is 0 Å². The minimum atomic E-state index is -1.25. The third-order valence-electron chi connectivity index (χ3n) is 0.786. The van der Waals surface area contributed by atoms with Gasteiger partial charge in [0.1, 0.15) is 10.3 Å². The molecule has 0 saturated heterocycles. The molecule has 0 aromatic heterocycles. The number of hydrazone groups is 1. The van der Waals surface area contributed by atoms with Crippen LogP contribution in [0.2, 0.25) is 0 Å². The van der Waals surface area contributed by atoms with Crippen LogP contribution >= 0.6 is 0 Å². The molecule has 0 atom stereocenters. The molecule has 4 N–H and O–H groups in total. The molecule has 0 bridgehead atoms. The van der Waals surface area contributed by atoms with E-state index in [0.29, 0.717) is 0 Å². The van der Waals surface area contributed by atoms with Crippen molar-refractivity contribution < 1.29 is 14.8 Å². The lowest BCUT2D eigenvalue weighted by molar-refractivity contribution is -0.544. The Morgan fingerprint density at radius 1 is 1.00 bits per heavy atom. The average Bonchev–Trinajstić information content (AvgIpc) is 2.13. The van der Waals surface area contributed by atoms with Crippen molar-refractivity contribution in [2.45, 2.75) is 0 Å². The Morgan fingerprint density at radius 3 is 1.87 bits per heavy atom. The van der Waals surface area contributed by atoms with Crippen LogP contribution in [0.4, 0.5) is 0 Å². The van der Waals surface area contributed by atoms with E-state index in [2.05, 4.69) is 26.9 Å². The predicted octanol–water partition coefficient (Wildman–Crippen LogP) is -2.04. The molecule has 0 aliphatic rings. The summed E-state index contributed by atoms with van der Waals surface area (Å²) >= 11 is 0. The van der Waals surface area contributed by atoms with Crippen LogP contribution in [0.3, 0.4) is 0 Å². The van der Waals surface area contributed by atoms with Gasteiger partial charge in [-0.2, -0.15) is 0 Å². The van der Waals surface area contributed by atoms with Crippen molar-refractivity contribution in [3.8, 4) is 0 Å². The van der Waals surface area contributed by atoms with Gasteiger partial charge in [-0.25, -0.2) is 0 Å². The standard InChI is InChI=1S/C2H4N8O5/c3-1(8(11)12)5-7-10(15)6-2(4)9(13)14/h(H2,3,5)(H2,4,6,7). The Kier molecular flexibility index (Phi) is 4.04. The van der Waals surface area contributed by atoms with Crippen molar-refractivity contribution in [1.29, 1.82) is 0 Å². The molecule has 0 spiro atoms. The molecule has 0 fully saturated rings. The molecule has 0 heterocycles. The summed E-state index contributed by atoms with van der Waals surface area (Å²) in [6.45, 7) is 0. The van der Waals surface area contributed by atoms with Crippen molar-refractivity contribution >= 4 is 11.9 Å². The first-order valence-electron chi connectivity index (χ1n) is 2.98. The minimum Gasteiger partial charge on any atom is -0.659 e. The van der Waals surface area contributed by atoms with Crippen LogP contribution in [-0.4, -0.2) is 26.7 Å². The fourth-order valence-electron chi connectivity index (χ4n) is 0.265. The van der Waals surface area contributed by atoms with Crippen molar-refractivity contribution in [1.82, 2.24) is 0 Å². The summed E-state index contributed by atoms with van der Waals surface area (Å²) < 4.78 is 0. The summed E-state index contributed by atoms with van der Waals surface area (Å²) in [4.78, 5) is 16.7. The molecule has 82 valence electrons. The highest BCUT2D eigenvalue weighted by atomic mass is 16.6. The van der Waals surface area contributed by atoms with Crippen molar-refractivity contribution in [2.24, 2.45) is 26.9 Å². The molecule has 13 nitrogen and oxygen atoms in total. The van der Waals surface area contributed by atoms with Gasteiger partial charge < -0.3 is 25.4 Å². The van der Waals surface area contributed by atoms with Crippen molar-refractivity contribution in [2.75, 3.05) is 0 Å². The maximum Gasteiger partial charge on any atom is 0.469 e. The van der Waals surface area contributed by atoms with Gasteiger partial charge in [0.15, 0.2) is 0 Å². The normalized spacial score (nSPS) is 13.7. The van der Waals surface area contributed by atoms with E-state index in [4.69, 9.17) is 0 Å². The van der Waals surface area contributed by atoms with Gasteiger partial charge >= 0.3 is 11.9 Å². The third kappa shape index (κ3) is 4.65. The lowest BCUT2D eigenvalue weighted by atomic mass is 11.1. The molecule has 0 amide bonds. The number of hydrogen-bond acceptors (Lipinski definition) is 6. The lowest BCUT2D eigenvalue weighted by Crippen LogP contribution is -2.24. The quantitative estimate of drug-likeness (QED) is 0.133. The number of nitrogens with zero attached hydrogens (tertiary/aromatic N) is 6. The molecule has 0 aromatic rings. The molecule has 0 saturated carbocycles. The summed E-state index contributed by atoms with van der Waals surface area (Å²) in [5.74, 6) is -2.42. The van der Waals surface area contributed by atoms with Gasteiger partial charge in [0, 0.05) is 4.97 Å². The van der Waals surface area contributed by atoms with Crippen molar-refractivity contribution in [3.05, 3.63) is 25.4 Å². The van der Waals surface area contributed by atoms with Gasteiger partial charge in [-0.1, -0.05) is 0 Å². The summed E-state index contributed by atoms with van der Waals surface area (Å²) in [5.41, 5.74) is 9.25. The van der Waals surface area contributed by atoms with Crippen LogP contribution in [0.1, 0.15) is 0 Å².